The Labute approximate surface area is 86.9 Å². The van der Waals surface area contributed by atoms with Crippen LogP contribution >= 0.6 is 0 Å². The van der Waals surface area contributed by atoms with Crippen LogP contribution in [0.5, 0.6) is 0 Å². The van der Waals surface area contributed by atoms with Gasteiger partial charge in [-0.1, -0.05) is 26.7 Å². The normalized spacial score (nSPS) is 11.7. The van der Waals surface area contributed by atoms with Gasteiger partial charge in [-0.05, 0) is 26.7 Å². The average molecular weight is 199 g/mol. The first-order chi connectivity index (χ1) is 6.55. The molecule has 14 heavy (non-hydrogen) atoms. The van der Waals surface area contributed by atoms with Gasteiger partial charge in [-0.15, -0.1) is 0 Å². The third-order valence-electron chi connectivity index (χ3n) is 1.88. The summed E-state index contributed by atoms with van der Waals surface area (Å²) in [5.41, 5.74) is -0.847. The monoisotopic (exact) mass is 199 g/mol. The highest BCUT2D eigenvalue weighted by atomic mass is 17.2. The second kappa shape index (κ2) is 6.80. The predicted octanol–water partition coefficient (Wildman–Crippen LogP) is 3.21. The lowest BCUT2D eigenvalue weighted by Crippen LogP contribution is -2.26. The molecular weight excluding hydrogens is 178 g/mol. The van der Waals surface area contributed by atoms with E-state index in [1.54, 1.807) is 13.8 Å². The van der Waals surface area contributed by atoms with Gasteiger partial charge in [0, 0.05) is 0 Å². The van der Waals surface area contributed by atoms with Crippen LogP contribution < -0.4 is 0 Å². The zero-order chi connectivity index (χ0) is 11.0. The van der Waals surface area contributed by atoms with Crippen LogP contribution in [0.2, 0.25) is 0 Å². The van der Waals surface area contributed by atoms with Crippen molar-refractivity contribution in [2.24, 2.45) is 0 Å². The van der Waals surface area contributed by atoms with Gasteiger partial charge in [-0.25, -0.2) is 9.78 Å². The molecule has 0 N–H and O–H groups in total. The Kier molecular flexibility index (Phi) is 6.52. The van der Waals surface area contributed by atoms with Gasteiger partial charge in [0.1, 0.15) is 6.07 Å². The maximum Gasteiger partial charge on any atom is 0.183 e. The van der Waals surface area contributed by atoms with Crippen LogP contribution in [0.4, 0.5) is 0 Å². The van der Waals surface area contributed by atoms with E-state index in [1.165, 1.54) is 0 Å². The molecule has 0 aromatic carbocycles. The molecule has 0 aliphatic rings. The SMILES string of the molecule is CCCC(CCC)OOC(C)(C)C#N. The van der Waals surface area contributed by atoms with Crippen molar-refractivity contribution in [2.45, 2.75) is 65.1 Å². The van der Waals surface area contributed by atoms with E-state index in [9.17, 15) is 0 Å². The second-order valence-electron chi connectivity index (χ2n) is 4.00. The van der Waals surface area contributed by atoms with Crippen LogP contribution in [-0.2, 0) is 9.78 Å². The highest BCUT2D eigenvalue weighted by molar-refractivity contribution is 4.92. The second-order valence-corrected chi connectivity index (χ2v) is 4.00. The van der Waals surface area contributed by atoms with Crippen molar-refractivity contribution >= 4 is 0 Å². The fourth-order valence-electron chi connectivity index (χ4n) is 1.09. The molecule has 0 atom stereocenters. The highest BCUT2D eigenvalue weighted by Gasteiger charge is 2.20. The molecule has 0 unspecified atom stereocenters. The van der Waals surface area contributed by atoms with E-state index in [4.69, 9.17) is 15.0 Å². The quantitative estimate of drug-likeness (QED) is 0.467. The first-order valence-corrected chi connectivity index (χ1v) is 5.31. The van der Waals surface area contributed by atoms with Gasteiger partial charge in [0.15, 0.2) is 5.60 Å². The Bertz CT molecular complexity index is 178. The van der Waals surface area contributed by atoms with E-state index in [-0.39, 0.29) is 6.10 Å². The minimum Gasteiger partial charge on any atom is -0.232 e. The van der Waals surface area contributed by atoms with E-state index in [2.05, 4.69) is 13.8 Å². The van der Waals surface area contributed by atoms with E-state index < -0.39 is 5.60 Å². The Balaban J connectivity index is 3.87. The summed E-state index contributed by atoms with van der Waals surface area (Å²) >= 11 is 0. The summed E-state index contributed by atoms with van der Waals surface area (Å²) < 4.78 is 0. The van der Waals surface area contributed by atoms with Crippen molar-refractivity contribution in [1.29, 1.82) is 5.26 Å². The van der Waals surface area contributed by atoms with E-state index >= 15 is 0 Å². The summed E-state index contributed by atoms with van der Waals surface area (Å²) in [5.74, 6) is 0. The maximum absolute atomic E-state index is 8.71. The number of hydrogen-bond donors (Lipinski definition) is 0. The first-order valence-electron chi connectivity index (χ1n) is 5.31. The van der Waals surface area contributed by atoms with Gasteiger partial charge >= 0.3 is 0 Å². The summed E-state index contributed by atoms with van der Waals surface area (Å²) in [6, 6.07) is 2.03. The van der Waals surface area contributed by atoms with Crippen LogP contribution in [0.25, 0.3) is 0 Å². The molecule has 0 aromatic heterocycles. The van der Waals surface area contributed by atoms with Gasteiger partial charge in [-0.2, -0.15) is 5.26 Å². The topological polar surface area (TPSA) is 42.2 Å². The molecule has 0 saturated carbocycles. The average Bonchev–Trinajstić information content (AvgIpc) is 2.15. The largest absolute Gasteiger partial charge is 0.232 e. The van der Waals surface area contributed by atoms with Crippen LogP contribution in [0, 0.1) is 11.3 Å². The lowest BCUT2D eigenvalue weighted by molar-refractivity contribution is -0.365. The third kappa shape index (κ3) is 5.95. The Morgan fingerprint density at radius 2 is 1.71 bits per heavy atom. The van der Waals surface area contributed by atoms with Crippen molar-refractivity contribution in [3.05, 3.63) is 0 Å². The third-order valence-corrected chi connectivity index (χ3v) is 1.88. The maximum atomic E-state index is 8.71. The van der Waals surface area contributed by atoms with Crippen LogP contribution in [-0.4, -0.2) is 11.7 Å². The Morgan fingerprint density at radius 3 is 2.07 bits per heavy atom. The molecule has 0 saturated heterocycles. The Hall–Kier alpha value is -0.590. The molecule has 0 aliphatic heterocycles. The summed E-state index contributed by atoms with van der Waals surface area (Å²) in [6.45, 7) is 7.62. The molecule has 3 nitrogen and oxygen atoms in total. The van der Waals surface area contributed by atoms with Crippen molar-refractivity contribution in [3.8, 4) is 6.07 Å². The molecule has 0 heterocycles. The molecule has 0 bridgehead atoms. The van der Waals surface area contributed by atoms with E-state index in [1.807, 2.05) is 6.07 Å². The van der Waals surface area contributed by atoms with Gasteiger partial charge in [0.05, 0.1) is 6.10 Å². The molecule has 0 radical (unpaired) electrons. The number of rotatable bonds is 7. The van der Waals surface area contributed by atoms with Crippen LogP contribution in [0.1, 0.15) is 53.4 Å². The molecule has 0 fully saturated rings. The minimum absolute atomic E-state index is 0.123. The lowest BCUT2D eigenvalue weighted by atomic mass is 10.1. The number of nitriles is 1. The molecule has 82 valence electrons. The zero-order valence-corrected chi connectivity index (χ0v) is 9.67. The minimum atomic E-state index is -0.847. The van der Waals surface area contributed by atoms with Gasteiger partial charge in [0.2, 0.25) is 0 Å². The van der Waals surface area contributed by atoms with Gasteiger partial charge in [-0.3, -0.25) is 0 Å². The molecule has 3 heteroatoms. The standard InChI is InChI=1S/C11H21NO2/c1-5-7-10(8-6-2)13-14-11(3,4)9-12/h10H,5-8H2,1-4H3. The van der Waals surface area contributed by atoms with Crippen molar-refractivity contribution < 1.29 is 9.78 Å². The zero-order valence-electron chi connectivity index (χ0n) is 9.67. The van der Waals surface area contributed by atoms with Gasteiger partial charge < -0.3 is 0 Å². The predicted molar refractivity (Wildman–Crippen MR) is 55.5 cm³/mol. The van der Waals surface area contributed by atoms with Crippen molar-refractivity contribution in [2.75, 3.05) is 0 Å². The Morgan fingerprint density at radius 1 is 1.21 bits per heavy atom. The van der Waals surface area contributed by atoms with E-state index in [0.717, 1.165) is 25.7 Å². The summed E-state index contributed by atoms with van der Waals surface area (Å²) in [7, 11) is 0. The van der Waals surface area contributed by atoms with Crippen molar-refractivity contribution in [1.82, 2.24) is 0 Å². The van der Waals surface area contributed by atoms with E-state index in [0.29, 0.717) is 0 Å². The molecule has 0 spiro atoms. The van der Waals surface area contributed by atoms with Crippen LogP contribution in [0.15, 0.2) is 0 Å². The molecule has 0 rings (SSSR count). The first kappa shape index (κ1) is 13.4. The molecule has 0 amide bonds. The highest BCUT2D eigenvalue weighted by Crippen LogP contribution is 2.14. The van der Waals surface area contributed by atoms with Crippen LogP contribution in [0.3, 0.4) is 0 Å². The summed E-state index contributed by atoms with van der Waals surface area (Å²) in [4.78, 5) is 10.3. The van der Waals surface area contributed by atoms with Crippen molar-refractivity contribution in [3.63, 3.8) is 0 Å². The smallest absolute Gasteiger partial charge is 0.183 e. The lowest BCUT2D eigenvalue weighted by Gasteiger charge is -2.20. The molecular formula is C11H21NO2. The summed E-state index contributed by atoms with van der Waals surface area (Å²) in [6.07, 6.45) is 4.23. The molecule has 0 aromatic rings. The number of nitrogens with zero attached hydrogens (tertiary/aromatic N) is 1. The number of hydrogen-bond acceptors (Lipinski definition) is 3. The fraction of sp³-hybridized carbons (Fsp3) is 0.909. The molecule has 0 aliphatic carbocycles. The van der Waals surface area contributed by atoms with Gasteiger partial charge in [0.25, 0.3) is 0 Å². The fourth-order valence-corrected chi connectivity index (χ4v) is 1.09. The summed E-state index contributed by atoms with van der Waals surface area (Å²) in [5, 5.41) is 8.71.